The van der Waals surface area contributed by atoms with Crippen LogP contribution in [0.15, 0.2) is 29.1 Å². The van der Waals surface area contributed by atoms with Crippen molar-refractivity contribution in [2.45, 2.75) is 33.2 Å². The number of hydrogen-bond acceptors (Lipinski definition) is 3. The van der Waals surface area contributed by atoms with Crippen molar-refractivity contribution in [1.29, 1.82) is 0 Å². The monoisotopic (exact) mass is 340 g/mol. The number of fused-ring (bicyclic) bond motifs is 1. The number of benzene rings is 1. The van der Waals surface area contributed by atoms with Crippen LogP contribution in [-0.4, -0.2) is 9.55 Å². The lowest BCUT2D eigenvalue weighted by Gasteiger charge is -2.09. The Kier molecular flexibility index (Phi) is 4.50. The summed E-state index contributed by atoms with van der Waals surface area (Å²) in [7, 11) is 0. The Morgan fingerprint density at radius 2 is 2.04 bits per heavy atom. The first kappa shape index (κ1) is 16.4. The molecule has 2 heterocycles. The van der Waals surface area contributed by atoms with Crippen molar-refractivity contribution in [3.8, 4) is 23.5 Å². The summed E-state index contributed by atoms with van der Waals surface area (Å²) in [4.78, 5) is 19.4. The van der Waals surface area contributed by atoms with Crippen LogP contribution in [0.2, 0.25) is 0 Å². The van der Waals surface area contributed by atoms with Crippen LogP contribution >= 0.6 is 11.3 Å². The fourth-order valence-corrected chi connectivity index (χ4v) is 3.92. The molecular weight excluding hydrogens is 323 g/mol. The number of halogens is 1. The molecule has 3 nitrogen and oxygen atoms in total. The zero-order valence-corrected chi connectivity index (χ0v) is 14.4. The number of rotatable bonds is 4. The molecule has 0 aliphatic heterocycles. The summed E-state index contributed by atoms with van der Waals surface area (Å²) in [6.07, 6.45) is 7.02. The zero-order chi connectivity index (χ0) is 17.3. The number of hydrogen-bond donors (Lipinski definition) is 0. The van der Waals surface area contributed by atoms with Crippen molar-refractivity contribution < 1.29 is 4.39 Å². The van der Waals surface area contributed by atoms with E-state index in [1.807, 2.05) is 13.8 Å². The van der Waals surface area contributed by atoms with Gasteiger partial charge in [0, 0.05) is 16.9 Å². The lowest BCUT2D eigenvalue weighted by atomic mass is 10.0. The summed E-state index contributed by atoms with van der Waals surface area (Å²) in [5.74, 6) is 2.96. The van der Waals surface area contributed by atoms with Crippen LogP contribution in [0.4, 0.5) is 4.39 Å². The van der Waals surface area contributed by atoms with Crippen molar-refractivity contribution in [3.63, 3.8) is 0 Å². The normalized spacial score (nSPS) is 10.9. The van der Waals surface area contributed by atoms with Crippen LogP contribution in [0.3, 0.4) is 0 Å². The highest BCUT2D eigenvalue weighted by Gasteiger charge is 2.19. The molecule has 0 saturated heterocycles. The highest BCUT2D eigenvalue weighted by atomic mass is 32.1. The molecule has 3 aromatic rings. The Balaban J connectivity index is 2.34. The third kappa shape index (κ3) is 2.74. The van der Waals surface area contributed by atoms with E-state index in [4.69, 9.17) is 6.42 Å². The SMILES string of the molecule is C#CCn1c(CCC)nc2sc(C)c(-c3ccc(F)cc3)c2c1=O. The second-order valence-electron chi connectivity index (χ2n) is 5.59. The Morgan fingerprint density at radius 3 is 2.67 bits per heavy atom. The summed E-state index contributed by atoms with van der Waals surface area (Å²) in [6.45, 7) is 4.20. The second-order valence-corrected chi connectivity index (χ2v) is 6.80. The van der Waals surface area contributed by atoms with Gasteiger partial charge in [-0.25, -0.2) is 9.37 Å². The van der Waals surface area contributed by atoms with Crippen molar-refractivity contribution in [3.05, 3.63) is 51.1 Å². The number of aromatic nitrogens is 2. The van der Waals surface area contributed by atoms with Crippen molar-refractivity contribution in [1.82, 2.24) is 9.55 Å². The van der Waals surface area contributed by atoms with Gasteiger partial charge in [0.1, 0.15) is 16.5 Å². The Bertz CT molecular complexity index is 993. The molecule has 0 bridgehead atoms. The molecule has 3 rings (SSSR count). The van der Waals surface area contributed by atoms with Crippen LogP contribution in [0.5, 0.6) is 0 Å². The molecule has 0 fully saturated rings. The first-order valence-corrected chi connectivity index (χ1v) is 8.60. The fourth-order valence-electron chi connectivity index (χ4n) is 2.87. The molecule has 24 heavy (non-hydrogen) atoms. The zero-order valence-electron chi connectivity index (χ0n) is 13.6. The maximum atomic E-state index is 13.2. The van der Waals surface area contributed by atoms with Crippen LogP contribution in [-0.2, 0) is 13.0 Å². The molecule has 0 amide bonds. The van der Waals surface area contributed by atoms with Crippen LogP contribution in [0.25, 0.3) is 21.3 Å². The van der Waals surface area contributed by atoms with E-state index in [0.29, 0.717) is 16.6 Å². The fraction of sp³-hybridized carbons (Fsp3) is 0.263. The number of thiophene rings is 1. The van der Waals surface area contributed by atoms with Gasteiger partial charge in [0.05, 0.1) is 11.9 Å². The molecular formula is C19H17FN2OS. The molecule has 0 aliphatic rings. The van der Waals surface area contributed by atoms with E-state index in [9.17, 15) is 9.18 Å². The Hall–Kier alpha value is -2.45. The quantitative estimate of drug-likeness (QED) is 0.669. The van der Waals surface area contributed by atoms with Crippen LogP contribution in [0, 0.1) is 25.1 Å². The summed E-state index contributed by atoms with van der Waals surface area (Å²) < 4.78 is 14.8. The van der Waals surface area contributed by atoms with Crippen LogP contribution < -0.4 is 5.56 Å². The smallest absolute Gasteiger partial charge is 0.263 e. The number of nitrogens with zero attached hydrogens (tertiary/aromatic N) is 2. The number of terminal acetylenes is 1. The van der Waals surface area contributed by atoms with Gasteiger partial charge in [0.25, 0.3) is 5.56 Å². The molecule has 0 unspecified atom stereocenters. The van der Waals surface area contributed by atoms with Crippen molar-refractivity contribution in [2.75, 3.05) is 0 Å². The third-order valence-electron chi connectivity index (χ3n) is 3.92. The minimum absolute atomic E-state index is 0.120. The molecule has 1 aromatic carbocycles. The molecule has 0 saturated carbocycles. The summed E-state index contributed by atoms with van der Waals surface area (Å²) in [5.41, 5.74) is 1.51. The van der Waals surface area contributed by atoms with Crippen molar-refractivity contribution in [2.24, 2.45) is 0 Å². The highest BCUT2D eigenvalue weighted by molar-refractivity contribution is 7.19. The first-order valence-electron chi connectivity index (χ1n) is 7.79. The maximum Gasteiger partial charge on any atom is 0.263 e. The van der Waals surface area contributed by atoms with Gasteiger partial charge in [-0.05, 0) is 31.0 Å². The van der Waals surface area contributed by atoms with E-state index in [2.05, 4.69) is 10.9 Å². The lowest BCUT2D eigenvalue weighted by molar-refractivity contribution is 0.628. The Morgan fingerprint density at radius 1 is 1.33 bits per heavy atom. The first-order chi connectivity index (χ1) is 11.6. The third-order valence-corrected chi connectivity index (χ3v) is 4.92. The van der Waals surface area contributed by atoms with Gasteiger partial charge < -0.3 is 0 Å². The Labute approximate surface area is 143 Å². The predicted octanol–water partition coefficient (Wildman–Crippen LogP) is 4.16. The molecule has 0 spiro atoms. The number of aryl methyl sites for hydroxylation is 2. The van der Waals surface area contributed by atoms with Gasteiger partial charge >= 0.3 is 0 Å². The minimum Gasteiger partial charge on any atom is -0.284 e. The summed E-state index contributed by atoms with van der Waals surface area (Å²) >= 11 is 1.49. The van der Waals surface area contributed by atoms with E-state index in [0.717, 1.165) is 28.2 Å². The summed E-state index contributed by atoms with van der Waals surface area (Å²) in [6, 6.07) is 6.18. The average molecular weight is 340 g/mol. The second kappa shape index (κ2) is 6.58. The van der Waals surface area contributed by atoms with E-state index in [-0.39, 0.29) is 17.9 Å². The molecule has 0 radical (unpaired) electrons. The maximum absolute atomic E-state index is 13.2. The van der Waals surface area contributed by atoms with Gasteiger partial charge in [-0.1, -0.05) is 25.0 Å². The molecule has 2 aromatic heterocycles. The highest BCUT2D eigenvalue weighted by Crippen LogP contribution is 2.35. The van der Waals surface area contributed by atoms with Gasteiger partial charge in [-0.2, -0.15) is 0 Å². The van der Waals surface area contributed by atoms with E-state index in [1.54, 1.807) is 16.7 Å². The molecule has 0 aliphatic carbocycles. The van der Waals surface area contributed by atoms with Gasteiger partial charge in [-0.3, -0.25) is 9.36 Å². The van der Waals surface area contributed by atoms with Gasteiger partial charge in [0.2, 0.25) is 0 Å². The lowest BCUT2D eigenvalue weighted by Crippen LogP contribution is -2.24. The van der Waals surface area contributed by atoms with Gasteiger partial charge in [-0.15, -0.1) is 17.8 Å². The molecule has 0 atom stereocenters. The summed E-state index contributed by atoms with van der Waals surface area (Å²) in [5, 5.41) is 0.569. The van der Waals surface area contributed by atoms with Crippen LogP contribution in [0.1, 0.15) is 24.0 Å². The standard InChI is InChI=1S/C19H17FN2OS/c1-4-6-15-21-18-17(19(23)22(15)11-5-2)16(12(3)24-18)13-7-9-14(20)10-8-13/h2,7-10H,4,6,11H2,1,3H3. The van der Waals surface area contributed by atoms with E-state index < -0.39 is 0 Å². The largest absolute Gasteiger partial charge is 0.284 e. The topological polar surface area (TPSA) is 34.9 Å². The molecule has 0 N–H and O–H groups in total. The minimum atomic E-state index is -0.302. The predicted molar refractivity (Wildman–Crippen MR) is 96.8 cm³/mol. The van der Waals surface area contributed by atoms with Gasteiger partial charge in [0.15, 0.2) is 0 Å². The van der Waals surface area contributed by atoms with E-state index in [1.165, 1.54) is 23.5 Å². The molecule has 5 heteroatoms. The average Bonchev–Trinajstić information content (AvgIpc) is 2.88. The van der Waals surface area contributed by atoms with Crippen molar-refractivity contribution >= 4 is 21.6 Å². The molecule has 122 valence electrons. The van der Waals surface area contributed by atoms with E-state index >= 15 is 0 Å².